The van der Waals surface area contributed by atoms with Crippen LogP contribution in [-0.2, 0) is 14.3 Å². The second kappa shape index (κ2) is 6.89. The molecule has 2 N–H and O–H groups in total. The molecule has 1 aliphatic rings. The Morgan fingerprint density at radius 3 is 2.37 bits per heavy atom. The van der Waals surface area contributed by atoms with Crippen molar-refractivity contribution in [1.29, 1.82) is 0 Å². The molecule has 1 aliphatic carbocycles. The summed E-state index contributed by atoms with van der Waals surface area (Å²) in [5, 5.41) is 17.8. The zero-order valence-corrected chi connectivity index (χ0v) is 11.8. The first-order valence-electron chi connectivity index (χ1n) is 6.91. The van der Waals surface area contributed by atoms with Crippen LogP contribution < -0.4 is 0 Å². The van der Waals surface area contributed by atoms with Gasteiger partial charge < -0.3 is 14.9 Å². The van der Waals surface area contributed by atoms with Gasteiger partial charge in [-0.3, -0.25) is 4.79 Å². The van der Waals surface area contributed by atoms with E-state index in [4.69, 9.17) is 14.9 Å². The van der Waals surface area contributed by atoms with Crippen molar-refractivity contribution in [3.8, 4) is 0 Å². The van der Waals surface area contributed by atoms with Gasteiger partial charge in [0.05, 0.1) is 12.5 Å². The Bertz CT molecular complexity index is 326. The average Bonchev–Trinajstić information content (AvgIpc) is 2.26. The van der Waals surface area contributed by atoms with Gasteiger partial charge in [-0.25, -0.2) is 4.79 Å². The van der Waals surface area contributed by atoms with E-state index in [9.17, 15) is 9.59 Å². The molecule has 1 saturated carbocycles. The third-order valence-electron chi connectivity index (χ3n) is 3.94. The fraction of sp³-hybridized carbons (Fsp3) is 0.857. The smallest absolute Gasteiger partial charge is 0.333 e. The van der Waals surface area contributed by atoms with Crippen LogP contribution in [-0.4, -0.2) is 34.4 Å². The Kier molecular flexibility index (Phi) is 5.79. The number of rotatable bonds is 6. The molecule has 0 heterocycles. The Hall–Kier alpha value is -1.10. The predicted octanol–water partition coefficient (Wildman–Crippen LogP) is 2.39. The Morgan fingerprint density at radius 2 is 1.89 bits per heavy atom. The molecule has 4 atom stereocenters. The van der Waals surface area contributed by atoms with E-state index in [0.29, 0.717) is 17.8 Å². The molecule has 0 spiro atoms. The second-order valence-corrected chi connectivity index (χ2v) is 5.93. The summed E-state index contributed by atoms with van der Waals surface area (Å²) >= 11 is 0. The minimum Gasteiger partial charge on any atom is -0.481 e. The van der Waals surface area contributed by atoms with Crippen molar-refractivity contribution in [1.82, 2.24) is 0 Å². The van der Waals surface area contributed by atoms with Crippen molar-refractivity contribution in [2.24, 2.45) is 17.8 Å². The van der Waals surface area contributed by atoms with Gasteiger partial charge in [0.25, 0.3) is 0 Å². The highest BCUT2D eigenvalue weighted by Crippen LogP contribution is 2.36. The average molecular weight is 272 g/mol. The van der Waals surface area contributed by atoms with Crippen molar-refractivity contribution in [3.05, 3.63) is 0 Å². The van der Waals surface area contributed by atoms with Crippen LogP contribution in [0.1, 0.15) is 46.5 Å². The summed E-state index contributed by atoms with van der Waals surface area (Å²) in [6, 6.07) is 0. The molecule has 0 aliphatic heterocycles. The Balaban J connectivity index is 2.72. The summed E-state index contributed by atoms with van der Waals surface area (Å²) in [5.74, 6) is -1.11. The van der Waals surface area contributed by atoms with Crippen molar-refractivity contribution < 1.29 is 24.5 Å². The lowest BCUT2D eigenvalue weighted by Crippen LogP contribution is -2.40. The highest BCUT2D eigenvalue weighted by atomic mass is 16.5. The summed E-state index contributed by atoms with van der Waals surface area (Å²) in [6.45, 7) is 6.33. The molecule has 0 bridgehead atoms. The lowest BCUT2D eigenvalue weighted by atomic mass is 9.75. The van der Waals surface area contributed by atoms with E-state index in [-0.39, 0.29) is 6.10 Å². The molecule has 110 valence electrons. The van der Waals surface area contributed by atoms with Gasteiger partial charge in [-0.1, -0.05) is 27.2 Å². The Morgan fingerprint density at radius 1 is 1.26 bits per heavy atom. The molecule has 0 radical (unpaired) electrons. The van der Waals surface area contributed by atoms with E-state index < -0.39 is 24.5 Å². The van der Waals surface area contributed by atoms with E-state index in [2.05, 4.69) is 20.8 Å². The van der Waals surface area contributed by atoms with E-state index >= 15 is 0 Å². The molecular weight excluding hydrogens is 248 g/mol. The van der Waals surface area contributed by atoms with Crippen molar-refractivity contribution in [2.45, 2.75) is 58.7 Å². The van der Waals surface area contributed by atoms with E-state index in [1.807, 2.05) is 0 Å². The molecule has 0 amide bonds. The molecule has 19 heavy (non-hydrogen) atoms. The summed E-state index contributed by atoms with van der Waals surface area (Å²) in [6.07, 6.45) is 1.08. The van der Waals surface area contributed by atoms with Crippen LogP contribution in [0.3, 0.4) is 0 Å². The van der Waals surface area contributed by atoms with Gasteiger partial charge in [0.1, 0.15) is 0 Å². The highest BCUT2D eigenvalue weighted by molar-refractivity contribution is 5.79. The molecule has 5 nitrogen and oxygen atoms in total. The normalized spacial score (nSPS) is 29.2. The molecule has 4 unspecified atom stereocenters. The summed E-state index contributed by atoms with van der Waals surface area (Å²) < 4.78 is 5.63. The molecule has 0 aromatic carbocycles. The van der Waals surface area contributed by atoms with Crippen LogP contribution >= 0.6 is 0 Å². The standard InChI is InChI=1S/C14H24O5/c1-8(2)10-5-4-9(3)6-11(10)19-12(14(17)18)7-13(15)16/h8-12H,4-7H2,1-3H3,(H,15,16)(H,17,18). The lowest BCUT2D eigenvalue weighted by molar-refractivity contribution is -0.166. The molecule has 0 aromatic heterocycles. The lowest BCUT2D eigenvalue weighted by Gasteiger charge is -2.38. The van der Waals surface area contributed by atoms with Crippen molar-refractivity contribution >= 4 is 11.9 Å². The fourth-order valence-electron chi connectivity index (χ4n) is 2.83. The van der Waals surface area contributed by atoms with Gasteiger partial charge in [0.2, 0.25) is 0 Å². The van der Waals surface area contributed by atoms with Gasteiger partial charge in [-0.15, -0.1) is 0 Å². The Labute approximate surface area is 114 Å². The van der Waals surface area contributed by atoms with Crippen LogP contribution in [0.15, 0.2) is 0 Å². The van der Waals surface area contributed by atoms with Crippen LogP contribution in [0.2, 0.25) is 0 Å². The van der Waals surface area contributed by atoms with Crippen LogP contribution in [0.25, 0.3) is 0 Å². The maximum atomic E-state index is 11.1. The van der Waals surface area contributed by atoms with Gasteiger partial charge >= 0.3 is 11.9 Å². The molecule has 5 heteroatoms. The van der Waals surface area contributed by atoms with E-state index in [1.165, 1.54) is 0 Å². The number of carboxylic acids is 2. The van der Waals surface area contributed by atoms with Gasteiger partial charge in [0.15, 0.2) is 6.10 Å². The third kappa shape index (κ3) is 4.82. The summed E-state index contributed by atoms with van der Waals surface area (Å²) in [7, 11) is 0. The number of carboxylic acid groups (broad SMARTS) is 2. The zero-order chi connectivity index (χ0) is 14.6. The van der Waals surface area contributed by atoms with Gasteiger partial charge in [-0.05, 0) is 30.6 Å². The topological polar surface area (TPSA) is 83.8 Å². The molecule has 0 aromatic rings. The molecule has 1 rings (SSSR count). The minimum absolute atomic E-state index is 0.149. The van der Waals surface area contributed by atoms with E-state index in [0.717, 1.165) is 19.3 Å². The van der Waals surface area contributed by atoms with Gasteiger partial charge in [-0.2, -0.15) is 0 Å². The van der Waals surface area contributed by atoms with Crippen molar-refractivity contribution in [3.63, 3.8) is 0 Å². The largest absolute Gasteiger partial charge is 0.481 e. The summed E-state index contributed by atoms with van der Waals surface area (Å²) in [5.41, 5.74) is 0. The maximum absolute atomic E-state index is 11.1. The quantitative estimate of drug-likeness (QED) is 0.775. The third-order valence-corrected chi connectivity index (χ3v) is 3.94. The van der Waals surface area contributed by atoms with E-state index in [1.54, 1.807) is 0 Å². The number of hydrogen-bond acceptors (Lipinski definition) is 3. The highest BCUT2D eigenvalue weighted by Gasteiger charge is 2.35. The number of carbonyl (C=O) groups is 2. The summed E-state index contributed by atoms with van der Waals surface area (Å²) in [4.78, 5) is 21.8. The number of hydrogen-bond donors (Lipinski definition) is 2. The monoisotopic (exact) mass is 272 g/mol. The molecule has 1 fully saturated rings. The van der Waals surface area contributed by atoms with Crippen LogP contribution in [0, 0.1) is 17.8 Å². The maximum Gasteiger partial charge on any atom is 0.333 e. The SMILES string of the molecule is CC1CCC(C(C)C)C(OC(CC(=O)O)C(=O)O)C1. The predicted molar refractivity (Wildman–Crippen MR) is 69.9 cm³/mol. The molecule has 0 saturated heterocycles. The van der Waals surface area contributed by atoms with Crippen molar-refractivity contribution in [2.75, 3.05) is 0 Å². The first kappa shape index (κ1) is 16.0. The van der Waals surface area contributed by atoms with Crippen LogP contribution in [0.5, 0.6) is 0 Å². The minimum atomic E-state index is -1.24. The molecular formula is C14H24O5. The number of ether oxygens (including phenoxy) is 1. The zero-order valence-electron chi connectivity index (χ0n) is 11.8. The number of aliphatic carboxylic acids is 2. The second-order valence-electron chi connectivity index (χ2n) is 5.93. The first-order chi connectivity index (χ1) is 8.81. The first-order valence-corrected chi connectivity index (χ1v) is 6.91. The van der Waals surface area contributed by atoms with Crippen LogP contribution in [0.4, 0.5) is 0 Å². The van der Waals surface area contributed by atoms with Gasteiger partial charge in [0, 0.05) is 0 Å². The fourth-order valence-corrected chi connectivity index (χ4v) is 2.83.